The SMILES string of the molecule is CCS/C1=N/c2ccccc2SCCC1. The van der Waals surface area contributed by atoms with Crippen LogP contribution in [0.3, 0.4) is 0 Å². The lowest BCUT2D eigenvalue weighted by atomic mass is 10.3. The van der Waals surface area contributed by atoms with Crippen LogP contribution < -0.4 is 0 Å². The molecule has 0 saturated carbocycles. The van der Waals surface area contributed by atoms with E-state index in [2.05, 4.69) is 31.2 Å². The van der Waals surface area contributed by atoms with Gasteiger partial charge in [0, 0.05) is 4.90 Å². The third-order valence-corrected chi connectivity index (χ3v) is 4.28. The van der Waals surface area contributed by atoms with Crippen LogP contribution in [0.1, 0.15) is 19.8 Å². The molecule has 0 aliphatic carbocycles. The molecular formula is C12H15NS2. The molecule has 0 fully saturated rings. The lowest BCUT2D eigenvalue weighted by molar-refractivity contribution is 1.01. The summed E-state index contributed by atoms with van der Waals surface area (Å²) in [7, 11) is 0. The maximum absolute atomic E-state index is 4.75. The number of nitrogens with zero attached hydrogens (tertiary/aromatic N) is 1. The predicted molar refractivity (Wildman–Crippen MR) is 71.6 cm³/mol. The molecule has 0 N–H and O–H groups in total. The van der Waals surface area contributed by atoms with Crippen LogP contribution in [0, 0.1) is 0 Å². The van der Waals surface area contributed by atoms with E-state index in [1.807, 2.05) is 23.5 Å². The van der Waals surface area contributed by atoms with Gasteiger partial charge in [0.05, 0.1) is 10.7 Å². The molecule has 0 atom stereocenters. The van der Waals surface area contributed by atoms with Crippen molar-refractivity contribution >= 4 is 34.3 Å². The van der Waals surface area contributed by atoms with Gasteiger partial charge in [0.15, 0.2) is 0 Å². The van der Waals surface area contributed by atoms with E-state index in [-0.39, 0.29) is 0 Å². The number of rotatable bonds is 1. The number of thioether (sulfide) groups is 2. The molecule has 1 aromatic carbocycles. The van der Waals surface area contributed by atoms with E-state index in [1.54, 1.807) is 0 Å². The molecular weight excluding hydrogens is 222 g/mol. The van der Waals surface area contributed by atoms with E-state index in [9.17, 15) is 0 Å². The van der Waals surface area contributed by atoms with Gasteiger partial charge in [-0.25, -0.2) is 4.99 Å². The number of aliphatic imine (C=N–C) groups is 1. The van der Waals surface area contributed by atoms with E-state index in [0.717, 1.165) is 17.9 Å². The second-order valence-electron chi connectivity index (χ2n) is 3.36. The largest absolute Gasteiger partial charge is 0.245 e. The van der Waals surface area contributed by atoms with Gasteiger partial charge in [0.2, 0.25) is 0 Å². The van der Waals surface area contributed by atoms with E-state index < -0.39 is 0 Å². The molecule has 0 saturated heterocycles. The van der Waals surface area contributed by atoms with Crippen molar-refractivity contribution in [3.63, 3.8) is 0 Å². The zero-order valence-electron chi connectivity index (χ0n) is 8.90. The van der Waals surface area contributed by atoms with E-state index in [0.29, 0.717) is 0 Å². The van der Waals surface area contributed by atoms with E-state index in [1.165, 1.54) is 22.1 Å². The first-order valence-electron chi connectivity index (χ1n) is 5.32. The summed E-state index contributed by atoms with van der Waals surface area (Å²) < 4.78 is 0. The Bertz CT molecular complexity index is 360. The molecule has 3 heteroatoms. The van der Waals surface area contributed by atoms with Crippen LogP contribution in [0.2, 0.25) is 0 Å². The minimum atomic E-state index is 1.12. The molecule has 1 nitrogen and oxygen atoms in total. The highest BCUT2D eigenvalue weighted by Gasteiger charge is 2.08. The van der Waals surface area contributed by atoms with Crippen molar-refractivity contribution < 1.29 is 0 Å². The van der Waals surface area contributed by atoms with Crippen LogP contribution in [0.15, 0.2) is 34.2 Å². The average molecular weight is 237 g/mol. The van der Waals surface area contributed by atoms with Gasteiger partial charge in [-0.3, -0.25) is 0 Å². The van der Waals surface area contributed by atoms with Crippen LogP contribution in [0.4, 0.5) is 5.69 Å². The molecule has 0 aromatic heterocycles. The van der Waals surface area contributed by atoms with Crippen LogP contribution in [-0.4, -0.2) is 16.5 Å². The Hall–Kier alpha value is -0.410. The van der Waals surface area contributed by atoms with Crippen molar-refractivity contribution in [3.8, 4) is 0 Å². The van der Waals surface area contributed by atoms with Gasteiger partial charge in [-0.1, -0.05) is 19.1 Å². The van der Waals surface area contributed by atoms with E-state index >= 15 is 0 Å². The number of fused-ring (bicyclic) bond motifs is 1. The third-order valence-electron chi connectivity index (χ3n) is 2.21. The minimum Gasteiger partial charge on any atom is -0.245 e. The molecule has 15 heavy (non-hydrogen) atoms. The van der Waals surface area contributed by atoms with Crippen molar-refractivity contribution in [2.45, 2.75) is 24.7 Å². The van der Waals surface area contributed by atoms with Gasteiger partial charge >= 0.3 is 0 Å². The fourth-order valence-electron chi connectivity index (χ4n) is 1.54. The van der Waals surface area contributed by atoms with Crippen molar-refractivity contribution in [1.82, 2.24) is 0 Å². The Kier molecular flexibility index (Phi) is 4.15. The molecule has 0 unspecified atom stereocenters. The molecule has 2 rings (SSSR count). The minimum absolute atomic E-state index is 1.12. The van der Waals surface area contributed by atoms with Gasteiger partial charge in [0.25, 0.3) is 0 Å². The lowest BCUT2D eigenvalue weighted by Gasteiger charge is -2.12. The maximum Gasteiger partial charge on any atom is 0.0775 e. The normalized spacial score (nSPS) is 19.7. The van der Waals surface area contributed by atoms with Crippen molar-refractivity contribution in [1.29, 1.82) is 0 Å². The number of hydrogen-bond acceptors (Lipinski definition) is 3. The Labute approximate surface area is 99.8 Å². The Morgan fingerprint density at radius 2 is 2.27 bits per heavy atom. The average Bonchev–Trinajstić information content (AvgIpc) is 2.22. The molecule has 0 bridgehead atoms. The molecule has 0 spiro atoms. The first-order valence-corrected chi connectivity index (χ1v) is 7.29. The Morgan fingerprint density at radius 3 is 3.13 bits per heavy atom. The predicted octanol–water partition coefficient (Wildman–Crippen LogP) is 4.36. The first-order chi connectivity index (χ1) is 7.40. The van der Waals surface area contributed by atoms with Crippen LogP contribution in [0.25, 0.3) is 0 Å². The first kappa shape index (κ1) is 11.1. The van der Waals surface area contributed by atoms with Crippen molar-refractivity contribution in [2.24, 2.45) is 4.99 Å². The summed E-state index contributed by atoms with van der Waals surface area (Å²) in [5, 5.41) is 1.30. The third kappa shape index (κ3) is 3.02. The van der Waals surface area contributed by atoms with Gasteiger partial charge < -0.3 is 0 Å². The summed E-state index contributed by atoms with van der Waals surface area (Å²) in [6, 6.07) is 8.45. The number of para-hydroxylation sites is 1. The summed E-state index contributed by atoms with van der Waals surface area (Å²) >= 11 is 3.81. The molecule has 0 amide bonds. The number of benzene rings is 1. The van der Waals surface area contributed by atoms with E-state index in [4.69, 9.17) is 4.99 Å². The standard InChI is InChI=1S/C12H15NS2/c1-2-14-12-8-5-9-15-11-7-4-3-6-10(11)13-12/h3-4,6-7H,2,5,8-9H2,1H3/b13-12+. The Balaban J connectivity index is 2.30. The second-order valence-corrected chi connectivity index (χ2v) is 5.83. The summed E-state index contributed by atoms with van der Waals surface area (Å²) in [5.41, 5.74) is 1.15. The van der Waals surface area contributed by atoms with Crippen LogP contribution >= 0.6 is 23.5 Å². The lowest BCUT2D eigenvalue weighted by Crippen LogP contribution is -1.97. The molecule has 1 heterocycles. The topological polar surface area (TPSA) is 12.4 Å². The molecule has 1 aliphatic rings. The highest BCUT2D eigenvalue weighted by atomic mass is 32.2. The maximum atomic E-state index is 4.75. The monoisotopic (exact) mass is 237 g/mol. The Morgan fingerprint density at radius 1 is 1.40 bits per heavy atom. The molecule has 80 valence electrons. The highest BCUT2D eigenvalue weighted by molar-refractivity contribution is 8.13. The summed E-state index contributed by atoms with van der Waals surface area (Å²) in [6.45, 7) is 2.19. The van der Waals surface area contributed by atoms with Crippen LogP contribution in [-0.2, 0) is 0 Å². The van der Waals surface area contributed by atoms with Crippen molar-refractivity contribution in [2.75, 3.05) is 11.5 Å². The van der Waals surface area contributed by atoms with Gasteiger partial charge in [-0.15, -0.1) is 23.5 Å². The van der Waals surface area contributed by atoms with Gasteiger partial charge in [-0.2, -0.15) is 0 Å². The molecule has 0 radical (unpaired) electrons. The quantitative estimate of drug-likeness (QED) is 0.719. The molecule has 1 aliphatic heterocycles. The highest BCUT2D eigenvalue weighted by Crippen LogP contribution is 2.33. The summed E-state index contributed by atoms with van der Waals surface area (Å²) in [4.78, 5) is 6.07. The summed E-state index contributed by atoms with van der Waals surface area (Å²) in [5.74, 6) is 2.33. The zero-order valence-corrected chi connectivity index (χ0v) is 10.5. The fraction of sp³-hybridized carbons (Fsp3) is 0.417. The zero-order chi connectivity index (χ0) is 10.5. The van der Waals surface area contributed by atoms with Gasteiger partial charge in [0.1, 0.15) is 0 Å². The molecule has 1 aromatic rings. The van der Waals surface area contributed by atoms with Crippen molar-refractivity contribution in [3.05, 3.63) is 24.3 Å². The van der Waals surface area contributed by atoms with Gasteiger partial charge in [-0.05, 0) is 36.5 Å². The summed E-state index contributed by atoms with van der Waals surface area (Å²) in [6.07, 6.45) is 2.38. The second kappa shape index (κ2) is 5.61. The fourth-order valence-corrected chi connectivity index (χ4v) is 3.27. The number of hydrogen-bond donors (Lipinski definition) is 0. The smallest absolute Gasteiger partial charge is 0.0775 e. The van der Waals surface area contributed by atoms with Crippen LogP contribution in [0.5, 0.6) is 0 Å².